The van der Waals surface area contributed by atoms with E-state index in [9.17, 15) is 4.79 Å². The number of amides is 1. The molecular formula is C27H22N6O3. The molecular weight excluding hydrogens is 456 g/mol. The Hall–Kier alpha value is -4.79. The first kappa shape index (κ1) is 21.7. The summed E-state index contributed by atoms with van der Waals surface area (Å²) < 4.78 is 7.03. The van der Waals surface area contributed by atoms with Crippen molar-refractivity contribution in [2.45, 2.75) is 18.3 Å². The standard InChI is InChI=1S/C27H22N6O3/c1-36-22-11-7-20(8-12-22)27(13-14-27)24-31-32-25-30-23(16-28-33(24)25)19-4-2-3-18(15-19)17-5-9-21(10-6-17)29-26(34)35/h2-12,15-16,29H,13-14H2,1H3,(H,34,35). The van der Waals surface area contributed by atoms with Crippen molar-refractivity contribution in [3.8, 4) is 28.1 Å². The number of nitrogens with one attached hydrogen (secondary N) is 1. The maximum Gasteiger partial charge on any atom is 0.409 e. The topological polar surface area (TPSA) is 115 Å². The van der Waals surface area contributed by atoms with Crippen molar-refractivity contribution in [3.05, 3.63) is 90.4 Å². The van der Waals surface area contributed by atoms with Crippen LogP contribution in [-0.2, 0) is 5.41 Å². The second kappa shape index (κ2) is 8.46. The van der Waals surface area contributed by atoms with Gasteiger partial charge in [0, 0.05) is 11.3 Å². The summed E-state index contributed by atoms with van der Waals surface area (Å²) in [5, 5.41) is 24.7. The maximum atomic E-state index is 10.8. The molecule has 0 spiro atoms. The summed E-state index contributed by atoms with van der Waals surface area (Å²) in [5.41, 5.74) is 5.02. The van der Waals surface area contributed by atoms with Crippen LogP contribution >= 0.6 is 0 Å². The highest BCUT2D eigenvalue weighted by Gasteiger charge is 2.50. The molecule has 0 unspecified atom stereocenters. The lowest BCUT2D eigenvalue weighted by Gasteiger charge is -2.14. The second-order valence-electron chi connectivity index (χ2n) is 8.78. The number of benzene rings is 3. The molecule has 2 N–H and O–H groups in total. The monoisotopic (exact) mass is 478 g/mol. The number of methoxy groups -OCH3 is 1. The third-order valence-electron chi connectivity index (χ3n) is 6.59. The fourth-order valence-corrected chi connectivity index (χ4v) is 4.54. The Kier molecular flexibility index (Phi) is 5.10. The van der Waals surface area contributed by atoms with Crippen LogP contribution in [0.15, 0.2) is 79.0 Å². The van der Waals surface area contributed by atoms with Gasteiger partial charge in [0.2, 0.25) is 0 Å². The van der Waals surface area contributed by atoms with Crippen LogP contribution in [-0.4, -0.2) is 43.1 Å². The van der Waals surface area contributed by atoms with Gasteiger partial charge in [0.25, 0.3) is 5.78 Å². The normalized spacial score (nSPS) is 13.9. The Balaban J connectivity index is 1.30. The summed E-state index contributed by atoms with van der Waals surface area (Å²) in [6, 6.07) is 23.2. The van der Waals surface area contributed by atoms with Crippen LogP contribution < -0.4 is 10.1 Å². The number of ether oxygens (including phenoxy) is 1. The van der Waals surface area contributed by atoms with E-state index in [1.807, 2.05) is 48.5 Å². The van der Waals surface area contributed by atoms with E-state index in [-0.39, 0.29) is 5.41 Å². The van der Waals surface area contributed by atoms with Crippen molar-refractivity contribution in [1.82, 2.24) is 24.8 Å². The average Bonchev–Trinajstić information content (AvgIpc) is 3.60. The van der Waals surface area contributed by atoms with E-state index in [1.165, 1.54) is 5.56 Å². The fraction of sp³-hybridized carbons (Fsp3) is 0.148. The number of carboxylic acid groups (broad SMARTS) is 1. The van der Waals surface area contributed by atoms with Gasteiger partial charge in [-0.1, -0.05) is 42.5 Å². The van der Waals surface area contributed by atoms with Crippen LogP contribution in [0.2, 0.25) is 0 Å². The Labute approximate surface area is 206 Å². The number of anilines is 1. The van der Waals surface area contributed by atoms with E-state index >= 15 is 0 Å². The van der Waals surface area contributed by atoms with Crippen LogP contribution in [0.4, 0.5) is 10.5 Å². The summed E-state index contributed by atoms with van der Waals surface area (Å²) in [7, 11) is 1.66. The molecule has 36 heavy (non-hydrogen) atoms. The van der Waals surface area contributed by atoms with E-state index in [1.54, 1.807) is 30.0 Å². The summed E-state index contributed by atoms with van der Waals surface area (Å²) in [5.74, 6) is 2.07. The molecule has 9 heteroatoms. The van der Waals surface area contributed by atoms with Crippen LogP contribution in [0.25, 0.3) is 28.2 Å². The molecule has 1 saturated carbocycles. The molecule has 1 aliphatic rings. The number of rotatable bonds is 6. The highest BCUT2D eigenvalue weighted by molar-refractivity contribution is 5.83. The molecule has 0 radical (unpaired) electrons. The lowest BCUT2D eigenvalue weighted by molar-refractivity contribution is 0.209. The van der Waals surface area contributed by atoms with Crippen LogP contribution in [0, 0.1) is 0 Å². The third-order valence-corrected chi connectivity index (χ3v) is 6.59. The maximum absolute atomic E-state index is 10.8. The second-order valence-corrected chi connectivity index (χ2v) is 8.78. The number of aromatic nitrogens is 5. The average molecular weight is 479 g/mol. The van der Waals surface area contributed by atoms with E-state index in [4.69, 9.17) is 14.8 Å². The van der Waals surface area contributed by atoms with Crippen molar-refractivity contribution >= 4 is 17.6 Å². The van der Waals surface area contributed by atoms with E-state index in [2.05, 4.69) is 32.7 Å². The Morgan fingerprint density at radius 3 is 2.42 bits per heavy atom. The summed E-state index contributed by atoms with van der Waals surface area (Å²) in [6.07, 6.45) is 2.61. The van der Waals surface area contributed by atoms with Gasteiger partial charge in [-0.25, -0.2) is 9.78 Å². The number of hydrogen-bond acceptors (Lipinski definition) is 6. The van der Waals surface area contributed by atoms with Crippen molar-refractivity contribution in [2.24, 2.45) is 0 Å². The smallest absolute Gasteiger partial charge is 0.409 e. The molecule has 5 aromatic rings. The molecule has 1 fully saturated rings. The SMILES string of the molecule is COc1ccc(C2(c3nnc4nc(-c5cccc(-c6ccc(NC(=O)O)cc6)c5)cnn34)CC2)cc1. The Morgan fingerprint density at radius 1 is 0.972 bits per heavy atom. The van der Waals surface area contributed by atoms with Gasteiger partial charge in [0.1, 0.15) is 5.75 Å². The zero-order valence-corrected chi connectivity index (χ0v) is 19.4. The highest BCUT2D eigenvalue weighted by atomic mass is 16.5. The van der Waals surface area contributed by atoms with Gasteiger partial charge in [0.15, 0.2) is 5.82 Å². The number of nitrogens with zero attached hydrogens (tertiary/aromatic N) is 5. The van der Waals surface area contributed by atoms with Crippen molar-refractivity contribution in [2.75, 3.05) is 12.4 Å². The van der Waals surface area contributed by atoms with Crippen LogP contribution in [0.5, 0.6) is 5.75 Å². The van der Waals surface area contributed by atoms with Gasteiger partial charge in [0.05, 0.1) is 24.4 Å². The first-order chi connectivity index (χ1) is 17.6. The molecule has 1 amide bonds. The summed E-state index contributed by atoms with van der Waals surface area (Å²) in [4.78, 5) is 15.6. The van der Waals surface area contributed by atoms with E-state index in [0.717, 1.165) is 41.1 Å². The molecule has 178 valence electrons. The van der Waals surface area contributed by atoms with Gasteiger partial charge in [-0.05, 0) is 59.9 Å². The highest BCUT2D eigenvalue weighted by Crippen LogP contribution is 2.52. The minimum Gasteiger partial charge on any atom is -0.497 e. The van der Waals surface area contributed by atoms with Gasteiger partial charge in [-0.3, -0.25) is 5.32 Å². The first-order valence-electron chi connectivity index (χ1n) is 11.5. The summed E-state index contributed by atoms with van der Waals surface area (Å²) in [6.45, 7) is 0. The number of hydrogen-bond donors (Lipinski definition) is 2. The molecule has 0 bridgehead atoms. The predicted molar refractivity (Wildman–Crippen MR) is 134 cm³/mol. The largest absolute Gasteiger partial charge is 0.497 e. The zero-order valence-electron chi connectivity index (χ0n) is 19.4. The lowest BCUT2D eigenvalue weighted by atomic mass is 9.95. The van der Waals surface area contributed by atoms with Gasteiger partial charge < -0.3 is 9.84 Å². The summed E-state index contributed by atoms with van der Waals surface area (Å²) >= 11 is 0. The first-order valence-corrected chi connectivity index (χ1v) is 11.5. The number of fused-ring (bicyclic) bond motifs is 1. The Bertz CT molecular complexity index is 1570. The molecule has 3 aromatic carbocycles. The molecule has 1 aliphatic carbocycles. The minimum absolute atomic E-state index is 0.205. The molecule has 0 saturated heterocycles. The molecule has 6 rings (SSSR count). The third kappa shape index (κ3) is 3.80. The van der Waals surface area contributed by atoms with Crippen molar-refractivity contribution < 1.29 is 14.6 Å². The molecule has 0 atom stereocenters. The van der Waals surface area contributed by atoms with Crippen molar-refractivity contribution in [3.63, 3.8) is 0 Å². The van der Waals surface area contributed by atoms with Gasteiger partial charge in [-0.15, -0.1) is 10.2 Å². The fourth-order valence-electron chi connectivity index (χ4n) is 4.54. The van der Waals surface area contributed by atoms with E-state index in [0.29, 0.717) is 17.2 Å². The quantitative estimate of drug-likeness (QED) is 0.352. The van der Waals surface area contributed by atoms with E-state index < -0.39 is 6.09 Å². The Morgan fingerprint density at radius 2 is 1.72 bits per heavy atom. The van der Waals surface area contributed by atoms with Crippen LogP contribution in [0.1, 0.15) is 24.2 Å². The van der Waals surface area contributed by atoms with Crippen LogP contribution in [0.3, 0.4) is 0 Å². The molecule has 2 aromatic heterocycles. The predicted octanol–water partition coefficient (Wildman–Crippen LogP) is 5.03. The van der Waals surface area contributed by atoms with Gasteiger partial charge >= 0.3 is 6.09 Å². The van der Waals surface area contributed by atoms with Gasteiger partial charge in [-0.2, -0.15) is 9.61 Å². The molecule has 9 nitrogen and oxygen atoms in total. The molecule has 2 heterocycles. The van der Waals surface area contributed by atoms with Crippen molar-refractivity contribution in [1.29, 1.82) is 0 Å². The minimum atomic E-state index is -1.09. The number of carbonyl (C=O) groups is 1. The zero-order chi connectivity index (χ0) is 24.7. The molecule has 0 aliphatic heterocycles. The lowest BCUT2D eigenvalue weighted by Crippen LogP contribution is -2.15.